The maximum Gasteiger partial charge on any atom is 0.261 e. The van der Waals surface area contributed by atoms with Crippen LogP contribution in [0, 0.1) is 6.92 Å². The molecule has 8 nitrogen and oxygen atoms in total. The van der Waals surface area contributed by atoms with E-state index in [1.54, 1.807) is 42.3 Å². The Bertz CT molecular complexity index is 1410. The molecule has 2 N–H and O–H groups in total. The van der Waals surface area contributed by atoms with Gasteiger partial charge in [-0.3, -0.25) is 14.7 Å². The predicted molar refractivity (Wildman–Crippen MR) is 134 cm³/mol. The molecule has 5 rings (SSSR count). The van der Waals surface area contributed by atoms with E-state index in [2.05, 4.69) is 16.3 Å². The number of aromatic nitrogens is 2. The van der Waals surface area contributed by atoms with Crippen LogP contribution in [-0.4, -0.2) is 53.9 Å². The number of nitrogens with one attached hydrogen (secondary N) is 1. The van der Waals surface area contributed by atoms with E-state index in [1.165, 1.54) is 16.5 Å². The zero-order valence-electron chi connectivity index (χ0n) is 19.6. The van der Waals surface area contributed by atoms with Gasteiger partial charge in [0.05, 0.1) is 17.7 Å². The minimum atomic E-state index is -0.345. The lowest BCUT2D eigenvalue weighted by atomic mass is 10.0. The highest BCUT2D eigenvalue weighted by molar-refractivity contribution is 6.10. The molecule has 8 heteroatoms. The highest BCUT2D eigenvalue weighted by Crippen LogP contribution is 2.30. The van der Waals surface area contributed by atoms with Gasteiger partial charge in [-0.2, -0.15) is 5.10 Å². The number of benzene rings is 3. The number of ether oxygens (including phenoxy) is 1. The van der Waals surface area contributed by atoms with E-state index in [9.17, 15) is 14.7 Å². The number of morpholine rings is 1. The normalized spacial score (nSPS) is 13.9. The third-order valence-corrected chi connectivity index (χ3v) is 6.28. The van der Waals surface area contributed by atoms with Gasteiger partial charge in [-0.15, -0.1) is 0 Å². The molecule has 1 aromatic heterocycles. The van der Waals surface area contributed by atoms with Crippen molar-refractivity contribution in [3.05, 3.63) is 83.0 Å². The van der Waals surface area contributed by atoms with Crippen LogP contribution in [0.25, 0.3) is 10.9 Å². The van der Waals surface area contributed by atoms with Crippen molar-refractivity contribution in [2.24, 2.45) is 0 Å². The number of anilines is 2. The Morgan fingerprint density at radius 1 is 1.17 bits per heavy atom. The van der Waals surface area contributed by atoms with Crippen LogP contribution in [0.3, 0.4) is 0 Å². The molecule has 1 aliphatic rings. The smallest absolute Gasteiger partial charge is 0.261 e. The van der Waals surface area contributed by atoms with Gasteiger partial charge in [-0.1, -0.05) is 29.8 Å². The van der Waals surface area contributed by atoms with Crippen LogP contribution in [0.2, 0.25) is 0 Å². The molecule has 4 aromatic rings. The van der Waals surface area contributed by atoms with Gasteiger partial charge in [-0.05, 0) is 42.8 Å². The Kier molecular flexibility index (Phi) is 5.96. The molecule has 0 spiro atoms. The monoisotopic (exact) mass is 470 g/mol. The topological polar surface area (TPSA) is 98.8 Å². The van der Waals surface area contributed by atoms with Gasteiger partial charge in [0.2, 0.25) is 0 Å². The fourth-order valence-electron chi connectivity index (χ4n) is 4.38. The number of rotatable bonds is 5. The van der Waals surface area contributed by atoms with Crippen molar-refractivity contribution in [2.75, 3.05) is 36.6 Å². The maximum atomic E-state index is 13.3. The number of aromatic amines is 1. The second-order valence-corrected chi connectivity index (χ2v) is 8.73. The third kappa shape index (κ3) is 4.48. The summed E-state index contributed by atoms with van der Waals surface area (Å²) in [5, 5.41) is 18.8. The Morgan fingerprint density at radius 2 is 1.97 bits per heavy atom. The number of nitrogens with zero attached hydrogens (tertiary/aromatic N) is 3. The van der Waals surface area contributed by atoms with E-state index < -0.39 is 0 Å². The number of aryl methyl sites for hydroxylation is 1. The summed E-state index contributed by atoms with van der Waals surface area (Å²) in [5.41, 5.74) is 5.38. The van der Waals surface area contributed by atoms with Crippen LogP contribution in [0.5, 0.6) is 5.75 Å². The quantitative estimate of drug-likeness (QED) is 0.462. The van der Waals surface area contributed by atoms with E-state index in [4.69, 9.17) is 4.74 Å². The first kappa shape index (κ1) is 22.6. The van der Waals surface area contributed by atoms with Crippen LogP contribution >= 0.6 is 0 Å². The lowest BCUT2D eigenvalue weighted by Gasteiger charge is -2.27. The van der Waals surface area contributed by atoms with Crippen molar-refractivity contribution in [3.8, 4) is 5.75 Å². The highest BCUT2D eigenvalue weighted by atomic mass is 16.5. The van der Waals surface area contributed by atoms with E-state index >= 15 is 0 Å². The second kappa shape index (κ2) is 9.23. The van der Waals surface area contributed by atoms with Gasteiger partial charge >= 0.3 is 0 Å². The molecule has 0 atom stereocenters. The molecule has 1 fully saturated rings. The SMILES string of the molecule is Cc1cccc(Cc2[nH]nc3cc(O)c(C(=O)N(C)c4ccc(N5CCOCC5=O)cc4)cc23)c1. The molecule has 0 radical (unpaired) electrons. The maximum absolute atomic E-state index is 13.3. The van der Waals surface area contributed by atoms with Gasteiger partial charge in [0, 0.05) is 48.5 Å². The third-order valence-electron chi connectivity index (χ3n) is 6.28. The summed E-state index contributed by atoms with van der Waals surface area (Å²) < 4.78 is 5.18. The summed E-state index contributed by atoms with van der Waals surface area (Å²) in [4.78, 5) is 28.6. The first-order valence-corrected chi connectivity index (χ1v) is 11.4. The lowest BCUT2D eigenvalue weighted by molar-refractivity contribution is -0.125. The molecule has 2 amide bonds. The van der Waals surface area contributed by atoms with Crippen LogP contribution < -0.4 is 9.80 Å². The summed E-state index contributed by atoms with van der Waals surface area (Å²) in [6, 6.07) is 18.6. The fraction of sp³-hybridized carbons (Fsp3) is 0.222. The van der Waals surface area contributed by atoms with Crippen LogP contribution in [-0.2, 0) is 16.0 Å². The predicted octanol–water partition coefficient (Wildman–Crippen LogP) is 3.81. The largest absolute Gasteiger partial charge is 0.507 e. The van der Waals surface area contributed by atoms with Gasteiger partial charge in [0.1, 0.15) is 12.4 Å². The average Bonchev–Trinajstić information content (AvgIpc) is 3.24. The molecule has 2 heterocycles. The molecular formula is C27H26N4O4. The van der Waals surface area contributed by atoms with E-state index in [0.29, 0.717) is 30.8 Å². The molecule has 178 valence electrons. The molecule has 1 aliphatic heterocycles. The zero-order chi connectivity index (χ0) is 24.5. The van der Waals surface area contributed by atoms with Crippen LogP contribution in [0.4, 0.5) is 11.4 Å². The molecule has 0 saturated carbocycles. The number of aromatic hydroxyl groups is 1. The lowest BCUT2D eigenvalue weighted by Crippen LogP contribution is -2.41. The van der Waals surface area contributed by atoms with E-state index in [0.717, 1.165) is 22.3 Å². The van der Waals surface area contributed by atoms with Gasteiger partial charge in [0.15, 0.2) is 0 Å². The Balaban J connectivity index is 1.40. The number of fused-ring (bicyclic) bond motifs is 1. The summed E-state index contributed by atoms with van der Waals surface area (Å²) in [6.45, 7) is 3.11. The number of hydrogen-bond acceptors (Lipinski definition) is 5. The molecule has 35 heavy (non-hydrogen) atoms. The minimum Gasteiger partial charge on any atom is -0.507 e. The van der Waals surface area contributed by atoms with Crippen molar-refractivity contribution >= 4 is 34.1 Å². The number of amides is 2. The van der Waals surface area contributed by atoms with Crippen LogP contribution in [0.15, 0.2) is 60.7 Å². The molecule has 3 aromatic carbocycles. The molecule has 1 saturated heterocycles. The standard InChI is InChI=1S/C27H26N4O4/c1-17-4-3-5-18(12-17)13-23-21-14-22(25(32)15-24(21)29-28-23)27(34)30(2)19-6-8-20(9-7-19)31-10-11-35-16-26(31)33/h3-9,12,14-15,32H,10-11,13,16H2,1-2H3,(H,28,29). The Morgan fingerprint density at radius 3 is 2.71 bits per heavy atom. The van der Waals surface area contributed by atoms with Crippen molar-refractivity contribution in [2.45, 2.75) is 13.3 Å². The first-order valence-electron chi connectivity index (χ1n) is 11.4. The number of H-pyrrole nitrogens is 1. The summed E-state index contributed by atoms with van der Waals surface area (Å²) in [6.07, 6.45) is 0.633. The number of carbonyl (C=O) groups is 2. The van der Waals surface area contributed by atoms with E-state index in [-0.39, 0.29) is 29.7 Å². The fourth-order valence-corrected chi connectivity index (χ4v) is 4.38. The minimum absolute atomic E-state index is 0.0712. The Hall–Kier alpha value is -4.17. The first-order chi connectivity index (χ1) is 16.9. The average molecular weight is 471 g/mol. The van der Waals surface area contributed by atoms with Gasteiger partial charge < -0.3 is 19.6 Å². The second-order valence-electron chi connectivity index (χ2n) is 8.73. The van der Waals surface area contributed by atoms with E-state index in [1.807, 2.05) is 25.1 Å². The summed E-state index contributed by atoms with van der Waals surface area (Å²) in [5.74, 6) is -0.561. The van der Waals surface area contributed by atoms with Crippen LogP contribution in [0.1, 0.15) is 27.2 Å². The zero-order valence-corrected chi connectivity index (χ0v) is 19.6. The number of hydrogen-bond donors (Lipinski definition) is 2. The van der Waals surface area contributed by atoms with Gasteiger partial charge in [-0.25, -0.2) is 0 Å². The molecule has 0 bridgehead atoms. The number of carbonyl (C=O) groups excluding carboxylic acids is 2. The van der Waals surface area contributed by atoms with Crippen molar-refractivity contribution in [1.82, 2.24) is 10.2 Å². The van der Waals surface area contributed by atoms with Gasteiger partial charge in [0.25, 0.3) is 11.8 Å². The number of phenolic OH excluding ortho intramolecular Hbond substituents is 1. The molecule has 0 aliphatic carbocycles. The molecule has 0 unspecified atom stereocenters. The summed E-state index contributed by atoms with van der Waals surface area (Å²) in [7, 11) is 1.66. The van der Waals surface area contributed by atoms with Crippen molar-refractivity contribution < 1.29 is 19.4 Å². The molecular weight excluding hydrogens is 444 g/mol. The highest BCUT2D eigenvalue weighted by Gasteiger charge is 2.22. The Labute approximate surface area is 202 Å². The van der Waals surface area contributed by atoms with Crippen molar-refractivity contribution in [3.63, 3.8) is 0 Å². The number of phenols is 1. The summed E-state index contributed by atoms with van der Waals surface area (Å²) >= 11 is 0. The van der Waals surface area contributed by atoms with Crippen molar-refractivity contribution in [1.29, 1.82) is 0 Å².